The molecule has 0 saturated heterocycles. The standard InChI is InChI=1S/C52H67N7O9/c1-11-15-41(26-29-66-35-36-16-13-12-14-17-36)67-50-54-49(58(33-38-20-24-42(62-7)30-45(38)64-9)34-39-21-25-43(63-8)31-46(39)65-10)48-53-32-44(59(48)55-50)47(60)37-18-22-40(23-19-37)56(5)27-28-57(6)51(61)68-52(2,3)4/h12-14,16-25,30-32,41,47,60H,11,15,26-29,33-35H2,1-10H3. The van der Waals surface area contributed by atoms with Crippen LogP contribution in [0.4, 0.5) is 16.3 Å². The molecule has 0 spiro atoms. The maximum Gasteiger partial charge on any atom is 0.410 e. The van der Waals surface area contributed by atoms with Crippen molar-refractivity contribution >= 4 is 23.2 Å². The first-order valence-electron chi connectivity index (χ1n) is 22.9. The van der Waals surface area contributed by atoms with E-state index in [-0.39, 0.29) is 18.2 Å². The fraction of sp³-hybridized carbons (Fsp3) is 0.423. The minimum Gasteiger partial charge on any atom is -0.497 e. The third-order valence-corrected chi connectivity index (χ3v) is 11.3. The predicted molar refractivity (Wildman–Crippen MR) is 262 cm³/mol. The highest BCUT2D eigenvalue weighted by Crippen LogP contribution is 2.35. The molecule has 2 heterocycles. The summed E-state index contributed by atoms with van der Waals surface area (Å²) in [5, 5.41) is 17.1. The molecule has 2 aromatic heterocycles. The monoisotopic (exact) mass is 934 g/mol. The smallest absolute Gasteiger partial charge is 0.410 e. The van der Waals surface area contributed by atoms with Gasteiger partial charge in [-0.25, -0.2) is 14.3 Å². The second-order valence-electron chi connectivity index (χ2n) is 17.5. The van der Waals surface area contributed by atoms with Gasteiger partial charge < -0.3 is 53.0 Å². The fourth-order valence-corrected chi connectivity index (χ4v) is 7.55. The number of anilines is 2. The lowest BCUT2D eigenvalue weighted by Crippen LogP contribution is -2.38. The molecular formula is C52H67N7O9. The highest BCUT2D eigenvalue weighted by molar-refractivity contribution is 5.68. The molecule has 1 amide bonds. The molecule has 68 heavy (non-hydrogen) atoms. The molecule has 0 saturated carbocycles. The Bertz CT molecular complexity index is 2470. The van der Waals surface area contributed by atoms with Crippen LogP contribution in [0.1, 0.15) is 81.0 Å². The minimum atomic E-state index is -1.13. The molecule has 1 N–H and O–H groups in total. The van der Waals surface area contributed by atoms with E-state index >= 15 is 0 Å². The maximum absolute atomic E-state index is 12.6. The van der Waals surface area contributed by atoms with Gasteiger partial charge in [-0.05, 0) is 74.7 Å². The van der Waals surface area contributed by atoms with Gasteiger partial charge in [-0.2, -0.15) is 4.98 Å². The van der Waals surface area contributed by atoms with E-state index in [0.717, 1.165) is 35.2 Å². The van der Waals surface area contributed by atoms with Gasteiger partial charge in [0.1, 0.15) is 40.8 Å². The molecule has 4 aromatic carbocycles. The van der Waals surface area contributed by atoms with Gasteiger partial charge in [-0.3, -0.25) is 0 Å². The number of aliphatic hydroxyl groups is 1. The van der Waals surface area contributed by atoms with Crippen molar-refractivity contribution in [2.24, 2.45) is 0 Å². The lowest BCUT2D eigenvalue weighted by Gasteiger charge is -2.27. The average Bonchev–Trinajstić information content (AvgIpc) is 3.77. The molecule has 6 aromatic rings. The van der Waals surface area contributed by atoms with E-state index in [1.165, 1.54) is 0 Å². The molecule has 0 aliphatic heterocycles. The topological polar surface area (TPSA) is 155 Å². The molecule has 364 valence electrons. The zero-order valence-electron chi connectivity index (χ0n) is 41.1. The number of carbonyl (C=O) groups excluding carboxylic acids is 1. The number of aliphatic hydroxyl groups excluding tert-OH is 1. The number of imidazole rings is 1. The average molecular weight is 934 g/mol. The first-order valence-corrected chi connectivity index (χ1v) is 22.9. The lowest BCUT2D eigenvalue weighted by atomic mass is 10.1. The minimum absolute atomic E-state index is 0.113. The summed E-state index contributed by atoms with van der Waals surface area (Å²) in [6, 6.07) is 29.2. The van der Waals surface area contributed by atoms with Crippen molar-refractivity contribution in [2.45, 2.75) is 84.5 Å². The van der Waals surface area contributed by atoms with E-state index in [1.54, 1.807) is 51.1 Å². The number of amides is 1. The van der Waals surface area contributed by atoms with Crippen molar-refractivity contribution < 1.29 is 43.1 Å². The van der Waals surface area contributed by atoms with Crippen LogP contribution in [0.3, 0.4) is 0 Å². The zero-order chi connectivity index (χ0) is 48.8. The lowest BCUT2D eigenvalue weighted by molar-refractivity contribution is 0.0303. The summed E-state index contributed by atoms with van der Waals surface area (Å²) < 4.78 is 42.8. The summed E-state index contributed by atoms with van der Waals surface area (Å²) in [4.78, 5) is 28.2. The van der Waals surface area contributed by atoms with Crippen LogP contribution in [0, 0.1) is 0 Å². The Morgan fingerprint density at radius 3 is 2.00 bits per heavy atom. The number of fused-ring (bicyclic) bond motifs is 1. The molecular weight excluding hydrogens is 867 g/mol. The van der Waals surface area contributed by atoms with Gasteiger partial charge in [0.2, 0.25) is 0 Å². The number of carbonyl (C=O) groups is 1. The van der Waals surface area contributed by atoms with Crippen LogP contribution < -0.4 is 33.5 Å². The Labute approximate surface area is 400 Å². The Morgan fingerprint density at radius 1 is 0.794 bits per heavy atom. The van der Waals surface area contributed by atoms with Crippen molar-refractivity contribution in [2.75, 3.05) is 72.0 Å². The van der Waals surface area contributed by atoms with Gasteiger partial charge in [-0.15, -0.1) is 5.10 Å². The molecule has 0 aliphatic rings. The number of likely N-dealkylation sites (N-methyl/N-ethyl adjacent to an activating group) is 2. The Kier molecular flexibility index (Phi) is 17.7. The largest absolute Gasteiger partial charge is 0.497 e. The second kappa shape index (κ2) is 23.8. The molecule has 2 unspecified atom stereocenters. The zero-order valence-corrected chi connectivity index (χ0v) is 41.1. The van der Waals surface area contributed by atoms with E-state index in [0.29, 0.717) is 91.5 Å². The number of hydrogen-bond donors (Lipinski definition) is 1. The van der Waals surface area contributed by atoms with Crippen LogP contribution in [0.5, 0.6) is 29.0 Å². The number of ether oxygens (including phenoxy) is 7. The summed E-state index contributed by atoms with van der Waals surface area (Å²) in [5.74, 6) is 3.01. The summed E-state index contributed by atoms with van der Waals surface area (Å²) in [6.07, 6.45) is 2.03. The molecule has 2 atom stereocenters. The number of methoxy groups -OCH3 is 4. The van der Waals surface area contributed by atoms with Crippen molar-refractivity contribution in [1.29, 1.82) is 0 Å². The summed E-state index contributed by atoms with van der Waals surface area (Å²) in [5.41, 5.74) is 4.57. The van der Waals surface area contributed by atoms with E-state index in [4.69, 9.17) is 48.2 Å². The highest BCUT2D eigenvalue weighted by atomic mass is 16.6. The van der Waals surface area contributed by atoms with Crippen LogP contribution in [-0.4, -0.2) is 110 Å². The number of hydrogen-bond acceptors (Lipinski definition) is 14. The first-order chi connectivity index (χ1) is 32.7. The van der Waals surface area contributed by atoms with Crippen molar-refractivity contribution in [3.8, 4) is 29.0 Å². The van der Waals surface area contributed by atoms with Gasteiger partial charge in [0.15, 0.2) is 11.5 Å². The first kappa shape index (κ1) is 50.6. The van der Waals surface area contributed by atoms with Crippen LogP contribution >= 0.6 is 0 Å². The second-order valence-corrected chi connectivity index (χ2v) is 17.5. The third-order valence-electron chi connectivity index (χ3n) is 11.3. The molecule has 0 radical (unpaired) electrons. The Morgan fingerprint density at radius 2 is 1.43 bits per heavy atom. The molecule has 0 aliphatic carbocycles. The van der Waals surface area contributed by atoms with Gasteiger partial charge in [0.25, 0.3) is 0 Å². The van der Waals surface area contributed by atoms with E-state index in [1.807, 2.05) is 124 Å². The molecule has 16 heteroatoms. The van der Waals surface area contributed by atoms with Crippen molar-refractivity contribution in [3.63, 3.8) is 0 Å². The number of rotatable bonds is 24. The molecule has 16 nitrogen and oxygen atoms in total. The van der Waals surface area contributed by atoms with E-state index in [9.17, 15) is 9.90 Å². The quantitative estimate of drug-likeness (QED) is 0.0575. The number of benzene rings is 4. The third kappa shape index (κ3) is 13.4. The van der Waals surface area contributed by atoms with Crippen LogP contribution in [0.2, 0.25) is 0 Å². The van der Waals surface area contributed by atoms with Crippen LogP contribution in [0.15, 0.2) is 97.2 Å². The normalized spacial score (nSPS) is 12.3. The van der Waals surface area contributed by atoms with Crippen molar-refractivity contribution in [3.05, 3.63) is 125 Å². The van der Waals surface area contributed by atoms with Crippen LogP contribution in [0.25, 0.3) is 5.65 Å². The molecule has 0 bridgehead atoms. The Balaban J connectivity index is 1.37. The summed E-state index contributed by atoms with van der Waals surface area (Å²) >= 11 is 0. The van der Waals surface area contributed by atoms with E-state index < -0.39 is 11.7 Å². The van der Waals surface area contributed by atoms with Crippen molar-refractivity contribution in [1.82, 2.24) is 24.5 Å². The number of nitrogens with zero attached hydrogens (tertiary/aromatic N) is 7. The summed E-state index contributed by atoms with van der Waals surface area (Å²) in [6.45, 7) is 10.3. The van der Waals surface area contributed by atoms with Gasteiger partial charge in [-0.1, -0.05) is 55.8 Å². The highest BCUT2D eigenvalue weighted by Gasteiger charge is 2.27. The number of aromatic nitrogens is 4. The maximum atomic E-state index is 12.6. The van der Waals surface area contributed by atoms with Gasteiger partial charge >= 0.3 is 12.1 Å². The predicted octanol–water partition coefficient (Wildman–Crippen LogP) is 8.90. The SMILES string of the molecule is CCCC(CCOCc1ccccc1)Oc1nc(N(Cc2ccc(OC)cc2OC)Cc2ccc(OC)cc2OC)c2ncc(C(O)c3ccc(N(C)CCN(C)C(=O)OC(C)(C)C)cc3)n2n1. The fourth-order valence-electron chi connectivity index (χ4n) is 7.55. The van der Waals surface area contributed by atoms with Gasteiger partial charge in [0, 0.05) is 75.6 Å². The molecule has 6 rings (SSSR count). The van der Waals surface area contributed by atoms with E-state index in [2.05, 4.69) is 11.8 Å². The summed E-state index contributed by atoms with van der Waals surface area (Å²) in [7, 11) is 10.2. The molecule has 0 fully saturated rings. The Hall–Kier alpha value is -6.78. The van der Waals surface area contributed by atoms with Gasteiger partial charge in [0.05, 0.1) is 53.5 Å². The van der Waals surface area contributed by atoms with Crippen LogP contribution in [-0.2, 0) is 29.2 Å².